The molecule has 1 saturated carbocycles. The van der Waals surface area contributed by atoms with E-state index in [1.807, 2.05) is 0 Å². The summed E-state index contributed by atoms with van der Waals surface area (Å²) in [7, 11) is 0. The zero-order valence-electron chi connectivity index (χ0n) is 15.6. The molecule has 4 aliphatic rings. The van der Waals surface area contributed by atoms with Gasteiger partial charge >= 0.3 is 0 Å². The van der Waals surface area contributed by atoms with E-state index in [4.69, 9.17) is 4.74 Å². The van der Waals surface area contributed by atoms with Gasteiger partial charge in [-0.25, -0.2) is 0 Å². The lowest BCUT2D eigenvalue weighted by atomic mass is 9.52. The van der Waals surface area contributed by atoms with Gasteiger partial charge in [-0.1, -0.05) is 31.6 Å². The summed E-state index contributed by atoms with van der Waals surface area (Å²) in [5.41, 5.74) is 3.23. The largest absolute Gasteiger partial charge is 0.470 e. The Bertz CT molecular complexity index is 710. The smallest absolute Gasteiger partial charge is 0.194 e. The van der Waals surface area contributed by atoms with Crippen LogP contribution < -0.4 is 0 Å². The fraction of sp³-hybridized carbons (Fsp3) is 0.682. The van der Waals surface area contributed by atoms with E-state index in [2.05, 4.69) is 38.1 Å². The fourth-order valence-electron chi connectivity index (χ4n) is 6.14. The van der Waals surface area contributed by atoms with Gasteiger partial charge in [-0.15, -0.1) is 0 Å². The number of hydrogen-bond acceptors (Lipinski definition) is 3. The predicted octanol–water partition coefficient (Wildman–Crippen LogP) is 4.86. The predicted molar refractivity (Wildman–Crippen MR) is 97.0 cm³/mol. The van der Waals surface area contributed by atoms with Crippen molar-refractivity contribution >= 4 is 0 Å². The van der Waals surface area contributed by atoms with Gasteiger partial charge in [0, 0.05) is 11.8 Å². The third-order valence-corrected chi connectivity index (χ3v) is 7.59. The molecule has 4 aliphatic carbocycles. The first-order valence-corrected chi connectivity index (χ1v) is 9.74. The van der Waals surface area contributed by atoms with Gasteiger partial charge in [0.2, 0.25) is 0 Å². The van der Waals surface area contributed by atoms with Gasteiger partial charge in [-0.2, -0.15) is 5.26 Å². The summed E-state index contributed by atoms with van der Waals surface area (Å²) in [6.07, 6.45) is 12.6. The second-order valence-electron chi connectivity index (χ2n) is 8.90. The number of fused-ring (bicyclic) bond motifs is 5. The van der Waals surface area contributed by atoms with E-state index in [0.29, 0.717) is 11.8 Å². The van der Waals surface area contributed by atoms with E-state index in [9.17, 15) is 10.4 Å². The number of rotatable bonds is 2. The van der Waals surface area contributed by atoms with Gasteiger partial charge in [-0.05, 0) is 67.9 Å². The second-order valence-corrected chi connectivity index (χ2v) is 8.90. The molecule has 134 valence electrons. The minimum Gasteiger partial charge on any atom is -0.470 e. The van der Waals surface area contributed by atoms with Gasteiger partial charge in [0.15, 0.2) is 6.29 Å². The molecule has 0 aromatic carbocycles. The monoisotopic (exact) mass is 339 g/mol. The van der Waals surface area contributed by atoms with Crippen molar-refractivity contribution in [2.45, 2.75) is 65.6 Å². The maximum Gasteiger partial charge on any atom is 0.194 e. The summed E-state index contributed by atoms with van der Waals surface area (Å²) in [4.78, 5) is 0. The van der Waals surface area contributed by atoms with E-state index in [-0.39, 0.29) is 16.7 Å². The number of hydrogen-bond donors (Lipinski definition) is 1. The molecule has 0 aromatic rings. The Kier molecular flexibility index (Phi) is 3.88. The molecule has 1 fully saturated rings. The highest BCUT2D eigenvalue weighted by atomic mass is 16.6. The van der Waals surface area contributed by atoms with Crippen LogP contribution >= 0.6 is 0 Å². The van der Waals surface area contributed by atoms with Crippen LogP contribution in [0.2, 0.25) is 0 Å². The summed E-state index contributed by atoms with van der Waals surface area (Å²) in [5, 5.41) is 19.1. The molecule has 6 atom stereocenters. The Morgan fingerprint density at radius 3 is 2.84 bits per heavy atom. The van der Waals surface area contributed by atoms with Crippen molar-refractivity contribution in [1.29, 1.82) is 5.26 Å². The lowest BCUT2D eigenvalue weighted by Crippen LogP contribution is -2.43. The topological polar surface area (TPSA) is 53.2 Å². The summed E-state index contributed by atoms with van der Waals surface area (Å²) in [5.74, 6) is 2.36. The SMILES string of the molecule is CC(O)OC1=CC2=CC[C@@H]3C(=CC[C@]4(C)[C@@H](C#N)CC[C@@H]34)[C@@]2(C)CC1. The van der Waals surface area contributed by atoms with Crippen LogP contribution in [0.3, 0.4) is 0 Å². The van der Waals surface area contributed by atoms with Crippen molar-refractivity contribution < 1.29 is 9.84 Å². The molecular formula is C22H29NO2. The molecule has 0 saturated heterocycles. The molecule has 0 aliphatic heterocycles. The van der Waals surface area contributed by atoms with E-state index in [1.54, 1.807) is 12.5 Å². The average molecular weight is 339 g/mol. The molecule has 0 spiro atoms. The first-order chi connectivity index (χ1) is 11.9. The highest BCUT2D eigenvalue weighted by Gasteiger charge is 2.55. The van der Waals surface area contributed by atoms with Crippen molar-refractivity contribution in [1.82, 2.24) is 0 Å². The van der Waals surface area contributed by atoms with Crippen molar-refractivity contribution in [3.63, 3.8) is 0 Å². The lowest BCUT2D eigenvalue weighted by molar-refractivity contribution is -0.0545. The molecule has 0 heterocycles. The second kappa shape index (κ2) is 5.74. The summed E-state index contributed by atoms with van der Waals surface area (Å²) < 4.78 is 5.56. The first kappa shape index (κ1) is 16.9. The summed E-state index contributed by atoms with van der Waals surface area (Å²) in [6, 6.07) is 2.59. The number of ether oxygens (including phenoxy) is 1. The van der Waals surface area contributed by atoms with Gasteiger partial charge in [-0.3, -0.25) is 0 Å². The minimum atomic E-state index is -0.747. The Hall–Kier alpha value is -1.53. The summed E-state index contributed by atoms with van der Waals surface area (Å²) >= 11 is 0. The van der Waals surface area contributed by atoms with Gasteiger partial charge in [0.1, 0.15) is 0 Å². The molecule has 3 heteroatoms. The van der Waals surface area contributed by atoms with Crippen LogP contribution in [0.25, 0.3) is 0 Å². The van der Waals surface area contributed by atoms with Gasteiger partial charge in [0.05, 0.1) is 17.7 Å². The maximum atomic E-state index is 9.58. The molecular weight excluding hydrogens is 310 g/mol. The van der Waals surface area contributed by atoms with Crippen molar-refractivity contribution in [2.24, 2.45) is 28.6 Å². The van der Waals surface area contributed by atoms with Crippen molar-refractivity contribution in [3.8, 4) is 6.07 Å². The molecule has 25 heavy (non-hydrogen) atoms. The zero-order chi connectivity index (χ0) is 17.8. The van der Waals surface area contributed by atoms with Crippen LogP contribution in [0.4, 0.5) is 0 Å². The lowest BCUT2D eigenvalue weighted by Gasteiger charge is -2.51. The van der Waals surface area contributed by atoms with Crippen LogP contribution in [0, 0.1) is 39.9 Å². The standard InChI is InChI=1S/C22H29NO2/c1-14(24)25-17-8-10-21(2)15(12-17)4-6-18-19-7-5-16(13-23)22(19,3)11-9-20(18)21/h4,9,12,14,16,18-19,24H,5-8,10-11H2,1-3H3/t14?,16-,18+,19+,21+,22-/m1/s1. The molecule has 1 unspecified atom stereocenters. The molecule has 0 aromatic heterocycles. The van der Waals surface area contributed by atoms with Gasteiger partial charge in [0.25, 0.3) is 0 Å². The Labute approximate surface area is 151 Å². The fourth-order valence-corrected chi connectivity index (χ4v) is 6.14. The average Bonchev–Trinajstić information content (AvgIpc) is 2.91. The summed E-state index contributed by atoms with van der Waals surface area (Å²) in [6.45, 7) is 6.39. The van der Waals surface area contributed by atoms with Crippen LogP contribution in [0.1, 0.15) is 59.3 Å². The number of nitriles is 1. The van der Waals surface area contributed by atoms with E-state index >= 15 is 0 Å². The highest BCUT2D eigenvalue weighted by Crippen LogP contribution is 2.63. The van der Waals surface area contributed by atoms with E-state index in [0.717, 1.165) is 37.9 Å². The van der Waals surface area contributed by atoms with Crippen molar-refractivity contribution in [3.05, 3.63) is 35.1 Å². The Morgan fingerprint density at radius 1 is 1.32 bits per heavy atom. The van der Waals surface area contributed by atoms with E-state index < -0.39 is 6.29 Å². The normalized spacial score (nSPS) is 43.5. The Balaban J connectivity index is 1.68. The quantitative estimate of drug-likeness (QED) is 0.577. The highest BCUT2D eigenvalue weighted by molar-refractivity contribution is 5.45. The number of allylic oxidation sites excluding steroid dienone is 6. The van der Waals surface area contributed by atoms with E-state index in [1.165, 1.54) is 12.0 Å². The molecule has 0 amide bonds. The van der Waals surface area contributed by atoms with Crippen LogP contribution in [-0.4, -0.2) is 11.4 Å². The Morgan fingerprint density at radius 2 is 2.12 bits per heavy atom. The van der Waals surface area contributed by atoms with Crippen LogP contribution in [0.5, 0.6) is 0 Å². The number of aliphatic hydroxyl groups excluding tert-OH is 1. The third kappa shape index (κ3) is 2.41. The molecule has 4 rings (SSSR count). The zero-order valence-corrected chi connectivity index (χ0v) is 15.6. The molecule has 3 nitrogen and oxygen atoms in total. The third-order valence-electron chi connectivity index (χ3n) is 7.59. The molecule has 0 bridgehead atoms. The number of aliphatic hydroxyl groups is 1. The van der Waals surface area contributed by atoms with Gasteiger partial charge < -0.3 is 9.84 Å². The molecule has 0 radical (unpaired) electrons. The van der Waals surface area contributed by atoms with Crippen LogP contribution in [-0.2, 0) is 4.74 Å². The minimum absolute atomic E-state index is 0.0977. The number of nitrogens with zero attached hydrogens (tertiary/aromatic N) is 1. The van der Waals surface area contributed by atoms with Crippen molar-refractivity contribution in [2.75, 3.05) is 0 Å². The van der Waals surface area contributed by atoms with Crippen LogP contribution in [0.15, 0.2) is 35.1 Å². The molecule has 1 N–H and O–H groups in total. The first-order valence-electron chi connectivity index (χ1n) is 9.74. The maximum absolute atomic E-state index is 9.58.